The van der Waals surface area contributed by atoms with Crippen LogP contribution in [0.3, 0.4) is 0 Å². The fourth-order valence-corrected chi connectivity index (χ4v) is 3.84. The molecule has 3 fully saturated rings. The molecule has 1 saturated heterocycles. The molecule has 1 aromatic rings. The molecule has 21 heavy (non-hydrogen) atoms. The van der Waals surface area contributed by atoms with Crippen molar-refractivity contribution in [3.05, 3.63) is 11.7 Å². The first-order valence-electron chi connectivity index (χ1n) is 8.43. The average molecular weight is 289 g/mol. The van der Waals surface area contributed by atoms with Crippen LogP contribution in [0, 0.1) is 5.92 Å². The number of likely N-dealkylation sites (tertiary alicyclic amines) is 1. The molecule has 2 saturated carbocycles. The molecule has 0 N–H and O–H groups in total. The molecule has 4 rings (SSSR count). The number of carbonyl (C=O) groups excluding carboxylic acids is 1. The van der Waals surface area contributed by atoms with Crippen molar-refractivity contribution in [1.82, 2.24) is 15.0 Å². The maximum Gasteiger partial charge on any atom is 0.231 e. The fraction of sp³-hybridized carbons (Fsp3) is 0.812. The van der Waals surface area contributed by atoms with Crippen molar-refractivity contribution in [2.24, 2.45) is 5.92 Å². The molecule has 1 aromatic heterocycles. The molecule has 2 aliphatic carbocycles. The molecule has 0 aromatic carbocycles. The van der Waals surface area contributed by atoms with E-state index >= 15 is 0 Å². The third-order valence-corrected chi connectivity index (χ3v) is 5.48. The maximum absolute atomic E-state index is 12.3. The highest BCUT2D eigenvalue weighted by Gasteiger charge is 2.36. The maximum atomic E-state index is 12.3. The van der Waals surface area contributed by atoms with Crippen molar-refractivity contribution in [2.75, 3.05) is 13.1 Å². The van der Waals surface area contributed by atoms with Gasteiger partial charge in [0.2, 0.25) is 11.8 Å². The van der Waals surface area contributed by atoms with Crippen molar-refractivity contribution >= 4 is 5.91 Å². The Kier molecular flexibility index (Phi) is 3.43. The van der Waals surface area contributed by atoms with Gasteiger partial charge in [0.15, 0.2) is 5.82 Å². The van der Waals surface area contributed by atoms with Crippen molar-refractivity contribution in [2.45, 2.75) is 63.2 Å². The van der Waals surface area contributed by atoms with E-state index in [0.717, 1.165) is 44.1 Å². The van der Waals surface area contributed by atoms with Crippen LogP contribution in [0.2, 0.25) is 0 Å². The lowest BCUT2D eigenvalue weighted by atomic mass is 9.84. The van der Waals surface area contributed by atoms with Crippen LogP contribution in [-0.4, -0.2) is 34.0 Å². The normalized spacial score (nSPS) is 27.2. The fourth-order valence-electron chi connectivity index (χ4n) is 3.84. The lowest BCUT2D eigenvalue weighted by Gasteiger charge is -2.28. The lowest BCUT2D eigenvalue weighted by Crippen LogP contribution is -2.37. The Balaban J connectivity index is 1.39. The van der Waals surface area contributed by atoms with E-state index in [4.69, 9.17) is 4.52 Å². The third kappa shape index (κ3) is 2.47. The van der Waals surface area contributed by atoms with Crippen LogP contribution in [-0.2, 0) is 4.79 Å². The standard InChI is InChI=1S/C16H23N3O2/c20-16(12-6-3-7-12)19-9-8-13(10-19)15-17-14(18-21-15)11-4-1-2-5-11/h11-13H,1-10H2. The van der Waals surface area contributed by atoms with Gasteiger partial charge in [-0.1, -0.05) is 24.4 Å². The Morgan fingerprint density at radius 2 is 1.86 bits per heavy atom. The van der Waals surface area contributed by atoms with Gasteiger partial charge in [0, 0.05) is 24.9 Å². The van der Waals surface area contributed by atoms with Gasteiger partial charge in [-0.25, -0.2) is 0 Å². The Bertz CT molecular complexity index is 517. The van der Waals surface area contributed by atoms with Gasteiger partial charge in [-0.3, -0.25) is 4.79 Å². The summed E-state index contributed by atoms with van der Waals surface area (Å²) in [4.78, 5) is 18.9. The average Bonchev–Trinajstić information content (AvgIpc) is 3.17. The summed E-state index contributed by atoms with van der Waals surface area (Å²) in [5.41, 5.74) is 0. The molecule has 0 radical (unpaired) electrons. The number of hydrogen-bond donors (Lipinski definition) is 0. The molecule has 114 valence electrons. The molecular weight excluding hydrogens is 266 g/mol. The van der Waals surface area contributed by atoms with Crippen LogP contribution in [0.5, 0.6) is 0 Å². The first-order chi connectivity index (χ1) is 10.3. The van der Waals surface area contributed by atoms with Gasteiger partial charge in [-0.2, -0.15) is 4.98 Å². The first kappa shape index (κ1) is 13.3. The Labute approximate surface area is 125 Å². The minimum Gasteiger partial charge on any atom is -0.342 e. The Morgan fingerprint density at radius 3 is 2.57 bits per heavy atom. The van der Waals surface area contributed by atoms with E-state index in [1.807, 2.05) is 4.90 Å². The van der Waals surface area contributed by atoms with E-state index in [0.29, 0.717) is 17.7 Å². The molecule has 1 unspecified atom stereocenters. The van der Waals surface area contributed by atoms with E-state index in [1.54, 1.807) is 0 Å². The molecular formula is C16H23N3O2. The minimum atomic E-state index is 0.247. The highest BCUT2D eigenvalue weighted by atomic mass is 16.5. The Hall–Kier alpha value is -1.39. The molecule has 5 nitrogen and oxygen atoms in total. The quantitative estimate of drug-likeness (QED) is 0.858. The lowest BCUT2D eigenvalue weighted by molar-refractivity contribution is -0.137. The molecule has 1 aliphatic heterocycles. The van der Waals surface area contributed by atoms with Gasteiger partial charge >= 0.3 is 0 Å². The third-order valence-electron chi connectivity index (χ3n) is 5.48. The molecule has 0 spiro atoms. The number of rotatable bonds is 3. The summed E-state index contributed by atoms with van der Waals surface area (Å²) in [6.45, 7) is 1.61. The van der Waals surface area contributed by atoms with E-state index < -0.39 is 0 Å². The molecule has 0 bridgehead atoms. The molecule has 1 atom stereocenters. The van der Waals surface area contributed by atoms with E-state index in [2.05, 4.69) is 10.1 Å². The monoisotopic (exact) mass is 289 g/mol. The zero-order chi connectivity index (χ0) is 14.2. The number of amides is 1. The molecule has 2 heterocycles. The van der Waals surface area contributed by atoms with Crippen LogP contribution in [0.25, 0.3) is 0 Å². The van der Waals surface area contributed by atoms with Crippen molar-refractivity contribution in [3.63, 3.8) is 0 Å². The van der Waals surface area contributed by atoms with Gasteiger partial charge < -0.3 is 9.42 Å². The molecule has 5 heteroatoms. The summed E-state index contributed by atoms with van der Waals surface area (Å²) in [6, 6.07) is 0. The highest BCUT2D eigenvalue weighted by molar-refractivity contribution is 5.79. The van der Waals surface area contributed by atoms with Crippen molar-refractivity contribution < 1.29 is 9.32 Å². The smallest absolute Gasteiger partial charge is 0.231 e. The summed E-state index contributed by atoms with van der Waals surface area (Å²) in [5.74, 6) is 3.03. The first-order valence-corrected chi connectivity index (χ1v) is 8.43. The van der Waals surface area contributed by atoms with E-state index in [-0.39, 0.29) is 5.92 Å². The highest BCUT2D eigenvalue weighted by Crippen LogP contribution is 2.35. The largest absolute Gasteiger partial charge is 0.342 e. The second-order valence-corrected chi connectivity index (χ2v) is 6.87. The van der Waals surface area contributed by atoms with Crippen LogP contribution in [0.15, 0.2) is 4.52 Å². The van der Waals surface area contributed by atoms with Crippen LogP contribution in [0.1, 0.15) is 74.9 Å². The summed E-state index contributed by atoms with van der Waals surface area (Å²) >= 11 is 0. The summed E-state index contributed by atoms with van der Waals surface area (Å²) in [7, 11) is 0. The summed E-state index contributed by atoms with van der Waals surface area (Å²) < 4.78 is 5.49. The van der Waals surface area contributed by atoms with Gasteiger partial charge in [0.25, 0.3) is 0 Å². The SMILES string of the molecule is O=C(C1CCC1)N1CCC(c2nc(C3CCCC3)no2)C1. The van der Waals surface area contributed by atoms with Gasteiger partial charge in [0.1, 0.15) is 0 Å². The summed E-state index contributed by atoms with van der Waals surface area (Å²) in [5, 5.41) is 4.19. The van der Waals surface area contributed by atoms with Crippen molar-refractivity contribution in [3.8, 4) is 0 Å². The van der Waals surface area contributed by atoms with Gasteiger partial charge in [-0.05, 0) is 32.1 Å². The van der Waals surface area contributed by atoms with Crippen LogP contribution >= 0.6 is 0 Å². The Morgan fingerprint density at radius 1 is 1.05 bits per heavy atom. The van der Waals surface area contributed by atoms with Gasteiger partial charge in [0.05, 0.1) is 5.92 Å². The van der Waals surface area contributed by atoms with Gasteiger partial charge in [-0.15, -0.1) is 0 Å². The van der Waals surface area contributed by atoms with Crippen LogP contribution < -0.4 is 0 Å². The predicted octanol–water partition coefficient (Wildman–Crippen LogP) is 2.84. The number of carbonyl (C=O) groups is 1. The second-order valence-electron chi connectivity index (χ2n) is 6.87. The number of hydrogen-bond acceptors (Lipinski definition) is 4. The number of aromatic nitrogens is 2. The zero-order valence-electron chi connectivity index (χ0n) is 12.5. The predicted molar refractivity (Wildman–Crippen MR) is 76.8 cm³/mol. The van der Waals surface area contributed by atoms with E-state index in [9.17, 15) is 4.79 Å². The molecule has 3 aliphatic rings. The second kappa shape index (κ2) is 5.43. The van der Waals surface area contributed by atoms with Crippen LogP contribution in [0.4, 0.5) is 0 Å². The molecule has 1 amide bonds. The zero-order valence-corrected chi connectivity index (χ0v) is 12.5. The van der Waals surface area contributed by atoms with Crippen molar-refractivity contribution in [1.29, 1.82) is 0 Å². The number of nitrogens with zero attached hydrogens (tertiary/aromatic N) is 3. The minimum absolute atomic E-state index is 0.247. The summed E-state index contributed by atoms with van der Waals surface area (Å²) in [6.07, 6.45) is 9.26. The topological polar surface area (TPSA) is 59.2 Å². The van der Waals surface area contributed by atoms with E-state index in [1.165, 1.54) is 32.1 Å².